The number of aryl methyl sites for hydroxylation is 1. The van der Waals surface area contributed by atoms with E-state index in [0.717, 1.165) is 25.7 Å². The minimum absolute atomic E-state index is 0.0322. The Morgan fingerprint density at radius 2 is 2.00 bits per heavy atom. The van der Waals surface area contributed by atoms with E-state index in [1.54, 1.807) is 0 Å². The van der Waals surface area contributed by atoms with Crippen molar-refractivity contribution >= 4 is 5.91 Å². The number of hydrogen-bond donors (Lipinski definition) is 2. The number of nitrogens with two attached hydrogens (primary N) is 1. The summed E-state index contributed by atoms with van der Waals surface area (Å²) < 4.78 is 0. The number of fused-ring (bicyclic) bond motifs is 1. The molecule has 3 heteroatoms. The number of carbonyl (C=O) groups is 1. The first-order valence-electron chi connectivity index (χ1n) is 7.95. The Kier molecular flexibility index (Phi) is 5.04. The summed E-state index contributed by atoms with van der Waals surface area (Å²) in [4.78, 5) is 12.3. The maximum absolute atomic E-state index is 12.3. The first-order chi connectivity index (χ1) is 9.85. The third-order valence-electron chi connectivity index (χ3n) is 4.13. The average molecular weight is 288 g/mol. The van der Waals surface area contributed by atoms with Crippen molar-refractivity contribution in [1.29, 1.82) is 0 Å². The second kappa shape index (κ2) is 6.61. The molecule has 1 amide bonds. The maximum atomic E-state index is 12.3. The van der Waals surface area contributed by atoms with Crippen LogP contribution in [0.5, 0.6) is 0 Å². The molecule has 116 valence electrons. The highest BCUT2D eigenvalue weighted by Crippen LogP contribution is 2.25. The summed E-state index contributed by atoms with van der Waals surface area (Å²) in [7, 11) is 0. The Morgan fingerprint density at radius 3 is 2.67 bits per heavy atom. The zero-order valence-electron chi connectivity index (χ0n) is 13.5. The van der Waals surface area contributed by atoms with E-state index in [-0.39, 0.29) is 23.3 Å². The fourth-order valence-corrected chi connectivity index (χ4v) is 3.16. The number of hydrogen-bond acceptors (Lipinski definition) is 2. The molecule has 2 rings (SSSR count). The van der Waals surface area contributed by atoms with Crippen molar-refractivity contribution in [2.45, 2.75) is 52.5 Å². The molecule has 0 spiro atoms. The summed E-state index contributed by atoms with van der Waals surface area (Å²) in [6.45, 7) is 7.10. The lowest BCUT2D eigenvalue weighted by Crippen LogP contribution is -2.42. The van der Waals surface area contributed by atoms with Crippen molar-refractivity contribution in [3.8, 4) is 0 Å². The summed E-state index contributed by atoms with van der Waals surface area (Å²) in [5.41, 5.74) is 9.02. The second-order valence-electron chi connectivity index (χ2n) is 7.48. The van der Waals surface area contributed by atoms with Crippen LogP contribution in [-0.2, 0) is 17.6 Å². The van der Waals surface area contributed by atoms with Gasteiger partial charge in [-0.3, -0.25) is 4.79 Å². The van der Waals surface area contributed by atoms with Crippen LogP contribution in [0.15, 0.2) is 24.3 Å². The third kappa shape index (κ3) is 4.85. The van der Waals surface area contributed by atoms with Gasteiger partial charge in [-0.05, 0) is 42.2 Å². The van der Waals surface area contributed by atoms with E-state index in [9.17, 15) is 4.79 Å². The largest absolute Gasteiger partial charge is 0.354 e. The summed E-state index contributed by atoms with van der Waals surface area (Å²) in [5, 5.41) is 3.04. The van der Waals surface area contributed by atoms with Crippen molar-refractivity contribution < 1.29 is 4.79 Å². The van der Waals surface area contributed by atoms with Crippen molar-refractivity contribution in [3.63, 3.8) is 0 Å². The predicted octanol–water partition coefficient (Wildman–Crippen LogP) is 2.67. The lowest BCUT2D eigenvalue weighted by atomic mass is 9.83. The normalized spacial score (nSPS) is 19.7. The van der Waals surface area contributed by atoms with Crippen molar-refractivity contribution in [2.24, 2.45) is 17.1 Å². The summed E-state index contributed by atoms with van der Waals surface area (Å²) in [6, 6.07) is 8.47. The van der Waals surface area contributed by atoms with Crippen LogP contribution in [0.4, 0.5) is 0 Å². The van der Waals surface area contributed by atoms with Gasteiger partial charge in [0.2, 0.25) is 5.91 Å². The standard InChI is InChI=1S/C18H28N2O/c1-18(2,3)11-16(19)12-20-17(21)15-9-8-13-6-4-5-7-14(13)10-15/h4-7,15-16H,8-12,19H2,1-3H3,(H,20,21). The topological polar surface area (TPSA) is 55.1 Å². The van der Waals surface area contributed by atoms with Gasteiger partial charge in [-0.2, -0.15) is 0 Å². The van der Waals surface area contributed by atoms with Gasteiger partial charge in [-0.25, -0.2) is 0 Å². The molecule has 1 aliphatic carbocycles. The Hall–Kier alpha value is -1.35. The number of amides is 1. The molecule has 0 aliphatic heterocycles. The van der Waals surface area contributed by atoms with Crippen LogP contribution in [0, 0.1) is 11.3 Å². The minimum Gasteiger partial charge on any atom is -0.354 e. The maximum Gasteiger partial charge on any atom is 0.223 e. The molecule has 0 aromatic heterocycles. The third-order valence-corrected chi connectivity index (χ3v) is 4.13. The zero-order valence-corrected chi connectivity index (χ0v) is 13.5. The van der Waals surface area contributed by atoms with E-state index >= 15 is 0 Å². The van der Waals surface area contributed by atoms with E-state index in [1.165, 1.54) is 11.1 Å². The molecule has 0 fully saturated rings. The molecular formula is C18H28N2O. The van der Waals surface area contributed by atoms with Crippen molar-refractivity contribution in [3.05, 3.63) is 35.4 Å². The molecular weight excluding hydrogens is 260 g/mol. The molecule has 21 heavy (non-hydrogen) atoms. The molecule has 1 aromatic carbocycles. The number of rotatable bonds is 4. The number of nitrogens with one attached hydrogen (secondary N) is 1. The molecule has 0 saturated heterocycles. The molecule has 2 atom stereocenters. The highest BCUT2D eigenvalue weighted by atomic mass is 16.1. The molecule has 2 unspecified atom stereocenters. The number of benzene rings is 1. The fraction of sp³-hybridized carbons (Fsp3) is 0.611. The minimum atomic E-state index is 0.0322. The van der Waals surface area contributed by atoms with Gasteiger partial charge in [-0.1, -0.05) is 45.0 Å². The van der Waals surface area contributed by atoms with Gasteiger partial charge in [-0.15, -0.1) is 0 Å². The van der Waals surface area contributed by atoms with Gasteiger partial charge in [0, 0.05) is 18.5 Å². The summed E-state index contributed by atoms with van der Waals surface area (Å²) in [5.74, 6) is 0.260. The van der Waals surface area contributed by atoms with E-state index in [0.29, 0.717) is 6.54 Å². The van der Waals surface area contributed by atoms with E-state index < -0.39 is 0 Å². The fourth-order valence-electron chi connectivity index (χ4n) is 3.16. The zero-order chi connectivity index (χ0) is 15.5. The van der Waals surface area contributed by atoms with Crippen molar-refractivity contribution in [2.75, 3.05) is 6.54 Å². The highest BCUT2D eigenvalue weighted by molar-refractivity contribution is 5.79. The van der Waals surface area contributed by atoms with Crippen LogP contribution in [0.25, 0.3) is 0 Å². The van der Waals surface area contributed by atoms with Crippen molar-refractivity contribution in [1.82, 2.24) is 5.32 Å². The first-order valence-corrected chi connectivity index (χ1v) is 7.95. The molecule has 3 N–H and O–H groups in total. The molecule has 0 heterocycles. The molecule has 0 radical (unpaired) electrons. The van der Waals surface area contributed by atoms with Gasteiger partial charge in [0.1, 0.15) is 0 Å². The van der Waals surface area contributed by atoms with Crippen LogP contribution in [0.3, 0.4) is 0 Å². The van der Waals surface area contributed by atoms with Crippen LogP contribution in [0.2, 0.25) is 0 Å². The Balaban J connectivity index is 1.82. The predicted molar refractivity (Wildman–Crippen MR) is 87.0 cm³/mol. The van der Waals surface area contributed by atoms with E-state index in [1.807, 2.05) is 0 Å². The SMILES string of the molecule is CC(C)(C)CC(N)CNC(=O)C1CCc2ccccc2C1. The molecule has 0 saturated carbocycles. The van der Waals surface area contributed by atoms with Gasteiger partial charge in [0.25, 0.3) is 0 Å². The smallest absolute Gasteiger partial charge is 0.223 e. The monoisotopic (exact) mass is 288 g/mol. The molecule has 1 aliphatic rings. The first kappa shape index (κ1) is 16.0. The number of carbonyl (C=O) groups excluding carboxylic acids is 1. The highest BCUT2D eigenvalue weighted by Gasteiger charge is 2.25. The molecule has 1 aromatic rings. The van der Waals surface area contributed by atoms with Gasteiger partial charge in [0.05, 0.1) is 0 Å². The van der Waals surface area contributed by atoms with Crippen LogP contribution in [0.1, 0.15) is 44.7 Å². The lowest BCUT2D eigenvalue weighted by molar-refractivity contribution is -0.125. The lowest BCUT2D eigenvalue weighted by Gasteiger charge is -2.26. The summed E-state index contributed by atoms with van der Waals surface area (Å²) in [6.07, 6.45) is 3.72. The molecule has 3 nitrogen and oxygen atoms in total. The Bertz CT molecular complexity index is 490. The summed E-state index contributed by atoms with van der Waals surface area (Å²) >= 11 is 0. The Labute approximate surface area is 128 Å². The van der Waals surface area contributed by atoms with Gasteiger partial charge in [0.15, 0.2) is 0 Å². The van der Waals surface area contributed by atoms with Crippen LogP contribution >= 0.6 is 0 Å². The van der Waals surface area contributed by atoms with E-state index in [2.05, 4.69) is 50.4 Å². The quantitative estimate of drug-likeness (QED) is 0.895. The van der Waals surface area contributed by atoms with Crippen LogP contribution < -0.4 is 11.1 Å². The second-order valence-corrected chi connectivity index (χ2v) is 7.48. The van der Waals surface area contributed by atoms with Gasteiger partial charge < -0.3 is 11.1 Å². The van der Waals surface area contributed by atoms with Crippen LogP contribution in [-0.4, -0.2) is 18.5 Å². The van der Waals surface area contributed by atoms with Gasteiger partial charge >= 0.3 is 0 Å². The van der Waals surface area contributed by atoms with E-state index in [4.69, 9.17) is 5.73 Å². The molecule has 0 bridgehead atoms. The average Bonchev–Trinajstić information content (AvgIpc) is 2.42. The Morgan fingerprint density at radius 1 is 1.33 bits per heavy atom.